The van der Waals surface area contributed by atoms with Crippen molar-refractivity contribution < 1.29 is 13.5 Å². The second kappa shape index (κ2) is 3.38. The first-order chi connectivity index (χ1) is 5.65. The van der Waals surface area contributed by atoms with Gasteiger partial charge in [0.1, 0.15) is 5.82 Å². The Bertz CT molecular complexity index is 289. The molecule has 0 aliphatic carbocycles. The van der Waals surface area contributed by atoms with Crippen LogP contribution in [-0.2, 0) is 0 Å². The summed E-state index contributed by atoms with van der Waals surface area (Å²) in [6.45, 7) is 2.03. The second-order valence-corrected chi connectivity index (χ2v) is 2.24. The fourth-order valence-electron chi connectivity index (χ4n) is 0.811. The van der Waals surface area contributed by atoms with Crippen molar-refractivity contribution in [1.29, 1.82) is 0 Å². The van der Waals surface area contributed by atoms with E-state index in [4.69, 9.17) is 10.5 Å². The molecule has 0 aromatic heterocycles. The zero-order valence-electron chi connectivity index (χ0n) is 6.60. The Morgan fingerprint density at radius 1 is 1.33 bits per heavy atom. The number of nitrogens with two attached hydrogens (primary N) is 1. The molecule has 0 saturated heterocycles. The molecule has 0 aliphatic heterocycles. The number of benzene rings is 1. The third-order valence-corrected chi connectivity index (χ3v) is 1.35. The van der Waals surface area contributed by atoms with E-state index in [0.717, 1.165) is 6.07 Å². The van der Waals surface area contributed by atoms with Crippen molar-refractivity contribution in [3.05, 3.63) is 23.8 Å². The lowest BCUT2D eigenvalue weighted by molar-refractivity contribution is 0.320. The van der Waals surface area contributed by atoms with Crippen molar-refractivity contribution in [2.75, 3.05) is 12.3 Å². The van der Waals surface area contributed by atoms with Gasteiger partial charge in [-0.25, -0.2) is 8.78 Å². The standard InChI is InChI=1S/C8H9F2NO/c1-2-12-8-4-7(11)5(9)3-6(8)10/h3-4H,2,11H2,1H3. The molecule has 0 fully saturated rings. The van der Waals surface area contributed by atoms with Crippen molar-refractivity contribution in [2.24, 2.45) is 0 Å². The largest absolute Gasteiger partial charge is 0.491 e. The van der Waals surface area contributed by atoms with Gasteiger partial charge in [0.05, 0.1) is 12.3 Å². The molecule has 0 amide bonds. The molecule has 0 spiro atoms. The summed E-state index contributed by atoms with van der Waals surface area (Å²) in [4.78, 5) is 0. The minimum absolute atomic E-state index is 0.0172. The van der Waals surface area contributed by atoms with Crippen LogP contribution in [0.3, 0.4) is 0 Å². The van der Waals surface area contributed by atoms with E-state index in [-0.39, 0.29) is 11.4 Å². The number of nitrogen functional groups attached to an aromatic ring is 1. The molecule has 0 bridgehead atoms. The maximum Gasteiger partial charge on any atom is 0.168 e. The Balaban J connectivity index is 3.05. The molecular formula is C8H9F2NO. The summed E-state index contributed by atoms with van der Waals surface area (Å²) >= 11 is 0. The van der Waals surface area contributed by atoms with Gasteiger partial charge in [-0.2, -0.15) is 0 Å². The number of anilines is 1. The molecule has 1 aromatic carbocycles. The van der Waals surface area contributed by atoms with Crippen LogP contribution < -0.4 is 10.5 Å². The average Bonchev–Trinajstić information content (AvgIpc) is 2.01. The Morgan fingerprint density at radius 3 is 2.58 bits per heavy atom. The summed E-state index contributed by atoms with van der Waals surface area (Å²) in [5.74, 6) is -1.52. The molecule has 0 heterocycles. The van der Waals surface area contributed by atoms with Crippen LogP contribution in [0, 0.1) is 11.6 Å². The van der Waals surface area contributed by atoms with Gasteiger partial charge in [-0.05, 0) is 6.92 Å². The van der Waals surface area contributed by atoms with Gasteiger partial charge in [0.15, 0.2) is 11.6 Å². The van der Waals surface area contributed by atoms with Crippen molar-refractivity contribution in [1.82, 2.24) is 0 Å². The molecule has 0 aliphatic rings. The van der Waals surface area contributed by atoms with E-state index < -0.39 is 11.6 Å². The molecule has 0 radical (unpaired) electrons. The molecule has 66 valence electrons. The summed E-state index contributed by atoms with van der Waals surface area (Å²) in [5.41, 5.74) is 5.09. The van der Waals surface area contributed by atoms with E-state index >= 15 is 0 Å². The summed E-state index contributed by atoms with van der Waals surface area (Å²) in [6.07, 6.45) is 0. The van der Waals surface area contributed by atoms with E-state index in [1.165, 1.54) is 0 Å². The number of halogens is 2. The van der Waals surface area contributed by atoms with Crippen LogP contribution >= 0.6 is 0 Å². The highest BCUT2D eigenvalue weighted by molar-refractivity contribution is 5.46. The van der Waals surface area contributed by atoms with Gasteiger partial charge in [-0.1, -0.05) is 0 Å². The summed E-state index contributed by atoms with van der Waals surface area (Å²) in [6, 6.07) is 1.84. The average molecular weight is 173 g/mol. The molecule has 2 N–H and O–H groups in total. The van der Waals surface area contributed by atoms with Crippen molar-refractivity contribution in [3.8, 4) is 5.75 Å². The van der Waals surface area contributed by atoms with Crippen LogP contribution in [0.25, 0.3) is 0 Å². The first-order valence-corrected chi connectivity index (χ1v) is 3.52. The fourth-order valence-corrected chi connectivity index (χ4v) is 0.811. The molecular weight excluding hydrogens is 164 g/mol. The molecule has 0 unspecified atom stereocenters. The predicted molar refractivity (Wildman–Crippen MR) is 41.9 cm³/mol. The Kier molecular flexibility index (Phi) is 2.47. The van der Waals surface area contributed by atoms with Gasteiger partial charge < -0.3 is 10.5 Å². The summed E-state index contributed by atoms with van der Waals surface area (Å²) in [7, 11) is 0. The van der Waals surface area contributed by atoms with E-state index in [0.29, 0.717) is 12.7 Å². The molecule has 4 heteroatoms. The quantitative estimate of drug-likeness (QED) is 0.693. The molecule has 2 nitrogen and oxygen atoms in total. The number of hydrogen-bond donors (Lipinski definition) is 1. The highest BCUT2D eigenvalue weighted by Gasteiger charge is 2.07. The van der Waals surface area contributed by atoms with Crippen LogP contribution in [0.4, 0.5) is 14.5 Å². The van der Waals surface area contributed by atoms with Crippen molar-refractivity contribution in [3.63, 3.8) is 0 Å². The first-order valence-electron chi connectivity index (χ1n) is 3.52. The van der Waals surface area contributed by atoms with E-state index in [2.05, 4.69) is 0 Å². The third kappa shape index (κ3) is 1.64. The fraction of sp³-hybridized carbons (Fsp3) is 0.250. The third-order valence-electron chi connectivity index (χ3n) is 1.35. The second-order valence-electron chi connectivity index (χ2n) is 2.24. The Morgan fingerprint density at radius 2 is 2.00 bits per heavy atom. The van der Waals surface area contributed by atoms with Gasteiger partial charge in [-0.3, -0.25) is 0 Å². The van der Waals surface area contributed by atoms with Gasteiger partial charge in [0.2, 0.25) is 0 Å². The first kappa shape index (κ1) is 8.77. The van der Waals surface area contributed by atoms with Crippen LogP contribution in [0.15, 0.2) is 12.1 Å². The summed E-state index contributed by atoms with van der Waals surface area (Å²) < 4.78 is 30.2. The zero-order chi connectivity index (χ0) is 9.14. The molecule has 0 saturated carbocycles. The van der Waals surface area contributed by atoms with Gasteiger partial charge >= 0.3 is 0 Å². The topological polar surface area (TPSA) is 35.2 Å². The number of ether oxygens (including phenoxy) is 1. The van der Waals surface area contributed by atoms with Crippen LogP contribution in [0.2, 0.25) is 0 Å². The predicted octanol–water partition coefficient (Wildman–Crippen LogP) is 1.95. The minimum atomic E-state index is -0.768. The number of hydrogen-bond acceptors (Lipinski definition) is 2. The van der Waals surface area contributed by atoms with Crippen LogP contribution in [0.1, 0.15) is 6.92 Å². The number of rotatable bonds is 2. The smallest absolute Gasteiger partial charge is 0.168 e. The van der Waals surface area contributed by atoms with Crippen molar-refractivity contribution >= 4 is 5.69 Å². The lowest BCUT2D eigenvalue weighted by atomic mass is 10.3. The minimum Gasteiger partial charge on any atom is -0.491 e. The SMILES string of the molecule is CCOc1cc(N)c(F)cc1F. The zero-order valence-corrected chi connectivity index (χ0v) is 6.60. The highest BCUT2D eigenvalue weighted by Crippen LogP contribution is 2.22. The normalized spacial score (nSPS) is 9.92. The maximum atomic E-state index is 12.8. The van der Waals surface area contributed by atoms with E-state index in [1.54, 1.807) is 6.92 Å². The molecule has 0 atom stereocenters. The highest BCUT2D eigenvalue weighted by atomic mass is 19.1. The maximum absolute atomic E-state index is 12.8. The lowest BCUT2D eigenvalue weighted by Gasteiger charge is -2.05. The lowest BCUT2D eigenvalue weighted by Crippen LogP contribution is -1.98. The van der Waals surface area contributed by atoms with Gasteiger partial charge in [0.25, 0.3) is 0 Å². The molecule has 1 rings (SSSR count). The molecule has 1 aromatic rings. The monoisotopic (exact) mass is 173 g/mol. The van der Waals surface area contributed by atoms with Crippen LogP contribution in [0.5, 0.6) is 5.75 Å². The summed E-state index contributed by atoms with van der Waals surface area (Å²) in [5, 5.41) is 0. The van der Waals surface area contributed by atoms with Gasteiger partial charge in [-0.15, -0.1) is 0 Å². The van der Waals surface area contributed by atoms with E-state index in [9.17, 15) is 8.78 Å². The Hall–Kier alpha value is -1.32. The van der Waals surface area contributed by atoms with Crippen LogP contribution in [-0.4, -0.2) is 6.61 Å². The van der Waals surface area contributed by atoms with Gasteiger partial charge in [0, 0.05) is 12.1 Å². The van der Waals surface area contributed by atoms with Crippen molar-refractivity contribution in [2.45, 2.75) is 6.92 Å². The Labute approximate surface area is 68.9 Å². The molecule has 12 heavy (non-hydrogen) atoms. The van der Waals surface area contributed by atoms with E-state index in [1.807, 2.05) is 0 Å².